The maximum atomic E-state index is 12.8. The van der Waals surface area contributed by atoms with Crippen LogP contribution in [0.2, 0.25) is 0 Å². The van der Waals surface area contributed by atoms with E-state index < -0.39 is 6.04 Å². The van der Waals surface area contributed by atoms with Crippen LogP contribution in [0.3, 0.4) is 0 Å². The first-order valence-electron chi connectivity index (χ1n) is 7.26. The number of carbonyl (C=O) groups is 1. The van der Waals surface area contributed by atoms with E-state index >= 15 is 0 Å². The maximum absolute atomic E-state index is 12.8. The Morgan fingerprint density at radius 3 is 2.52 bits per heavy atom. The molecule has 112 valence electrons. The zero-order valence-electron chi connectivity index (χ0n) is 12.5. The minimum absolute atomic E-state index is 0.00402. The lowest BCUT2D eigenvalue weighted by Gasteiger charge is -2.31. The van der Waals surface area contributed by atoms with Gasteiger partial charge in [0.2, 0.25) is 5.91 Å². The topological polar surface area (TPSA) is 46.3 Å². The fourth-order valence-electron chi connectivity index (χ4n) is 2.22. The summed E-state index contributed by atoms with van der Waals surface area (Å²) in [5, 5.41) is 1.95. The molecule has 1 heterocycles. The molecule has 1 amide bonds. The van der Waals surface area contributed by atoms with Gasteiger partial charge in [0.15, 0.2) is 0 Å². The standard InChI is InChI=1S/C17H22N2OS/c1-3-13(2)19(12-14-8-5-4-6-9-14)17(20)16(18)15-10-7-11-21-15/h4-11,13,16H,3,12,18H2,1-2H3. The Hall–Kier alpha value is -1.65. The number of hydrogen-bond acceptors (Lipinski definition) is 3. The van der Waals surface area contributed by atoms with E-state index in [9.17, 15) is 4.79 Å². The van der Waals surface area contributed by atoms with Gasteiger partial charge in [0, 0.05) is 17.5 Å². The van der Waals surface area contributed by atoms with E-state index in [0.29, 0.717) is 6.54 Å². The Kier molecular flexibility index (Phi) is 5.53. The second-order valence-corrected chi connectivity index (χ2v) is 6.18. The molecule has 1 aromatic carbocycles. The second-order valence-electron chi connectivity index (χ2n) is 5.20. The molecule has 0 spiro atoms. The molecule has 2 atom stereocenters. The van der Waals surface area contributed by atoms with Gasteiger partial charge in [-0.05, 0) is 30.4 Å². The molecule has 0 aliphatic heterocycles. The average molecular weight is 302 g/mol. The summed E-state index contributed by atoms with van der Waals surface area (Å²) in [5.74, 6) is -0.00402. The fraction of sp³-hybridized carbons (Fsp3) is 0.353. The summed E-state index contributed by atoms with van der Waals surface area (Å²) < 4.78 is 0. The van der Waals surface area contributed by atoms with E-state index in [0.717, 1.165) is 16.9 Å². The number of rotatable bonds is 6. The molecule has 21 heavy (non-hydrogen) atoms. The van der Waals surface area contributed by atoms with Gasteiger partial charge in [0.1, 0.15) is 6.04 Å². The van der Waals surface area contributed by atoms with Crippen LogP contribution in [0.15, 0.2) is 47.8 Å². The Bertz CT molecular complexity index is 553. The molecule has 2 rings (SSSR count). The third kappa shape index (κ3) is 3.93. The summed E-state index contributed by atoms with van der Waals surface area (Å²) in [6, 6.07) is 13.5. The van der Waals surface area contributed by atoms with Crippen molar-refractivity contribution in [2.75, 3.05) is 0 Å². The minimum atomic E-state index is -0.567. The number of benzene rings is 1. The third-order valence-electron chi connectivity index (χ3n) is 3.72. The normalized spacial score (nSPS) is 13.7. The molecule has 3 nitrogen and oxygen atoms in total. The van der Waals surface area contributed by atoms with Gasteiger partial charge >= 0.3 is 0 Å². The second kappa shape index (κ2) is 7.38. The minimum Gasteiger partial charge on any atom is -0.334 e. The molecule has 0 aliphatic carbocycles. The van der Waals surface area contributed by atoms with Crippen LogP contribution in [0.5, 0.6) is 0 Å². The molecule has 1 aromatic heterocycles. The predicted molar refractivity (Wildman–Crippen MR) is 88.0 cm³/mol. The first-order valence-corrected chi connectivity index (χ1v) is 8.14. The number of nitrogens with two attached hydrogens (primary N) is 1. The van der Waals surface area contributed by atoms with Gasteiger partial charge in [-0.1, -0.05) is 43.3 Å². The van der Waals surface area contributed by atoms with Crippen molar-refractivity contribution in [2.24, 2.45) is 5.73 Å². The molecular formula is C17H22N2OS. The quantitative estimate of drug-likeness (QED) is 0.886. The van der Waals surface area contributed by atoms with Crippen LogP contribution in [0, 0.1) is 0 Å². The Balaban J connectivity index is 2.17. The fourth-order valence-corrected chi connectivity index (χ4v) is 2.94. The summed E-state index contributed by atoms with van der Waals surface area (Å²) in [7, 11) is 0. The van der Waals surface area contributed by atoms with E-state index in [4.69, 9.17) is 5.73 Å². The lowest BCUT2D eigenvalue weighted by atomic mass is 10.1. The van der Waals surface area contributed by atoms with Crippen molar-refractivity contribution >= 4 is 17.2 Å². The lowest BCUT2D eigenvalue weighted by Crippen LogP contribution is -2.42. The smallest absolute Gasteiger partial charge is 0.245 e. The SMILES string of the molecule is CCC(C)N(Cc1ccccc1)C(=O)C(N)c1cccs1. The van der Waals surface area contributed by atoms with Crippen LogP contribution in [0.25, 0.3) is 0 Å². The van der Waals surface area contributed by atoms with Crippen molar-refractivity contribution in [3.8, 4) is 0 Å². The van der Waals surface area contributed by atoms with Crippen LogP contribution in [-0.2, 0) is 11.3 Å². The number of carbonyl (C=O) groups excluding carboxylic acids is 1. The van der Waals surface area contributed by atoms with E-state index in [1.165, 1.54) is 11.3 Å². The highest BCUT2D eigenvalue weighted by Gasteiger charge is 2.26. The predicted octanol–water partition coefficient (Wildman–Crippen LogP) is 3.58. The van der Waals surface area contributed by atoms with Gasteiger partial charge in [-0.25, -0.2) is 0 Å². The van der Waals surface area contributed by atoms with Crippen molar-refractivity contribution in [1.82, 2.24) is 4.90 Å². The Morgan fingerprint density at radius 2 is 1.95 bits per heavy atom. The van der Waals surface area contributed by atoms with E-state index in [1.807, 2.05) is 52.7 Å². The van der Waals surface area contributed by atoms with Gasteiger partial charge in [-0.3, -0.25) is 4.79 Å². The molecule has 2 unspecified atom stereocenters. The van der Waals surface area contributed by atoms with E-state index in [1.54, 1.807) is 0 Å². The number of nitrogens with zero attached hydrogens (tertiary/aromatic N) is 1. The first kappa shape index (κ1) is 15.7. The number of amides is 1. The Labute approximate surface area is 130 Å². The molecule has 0 bridgehead atoms. The van der Waals surface area contributed by atoms with Crippen molar-refractivity contribution in [2.45, 2.75) is 38.9 Å². The van der Waals surface area contributed by atoms with Gasteiger partial charge in [-0.15, -0.1) is 11.3 Å². The number of thiophene rings is 1. The van der Waals surface area contributed by atoms with Gasteiger partial charge < -0.3 is 10.6 Å². The maximum Gasteiger partial charge on any atom is 0.245 e. The van der Waals surface area contributed by atoms with E-state index in [-0.39, 0.29) is 11.9 Å². The van der Waals surface area contributed by atoms with Crippen LogP contribution >= 0.6 is 11.3 Å². The molecule has 0 radical (unpaired) electrons. The van der Waals surface area contributed by atoms with Crippen molar-refractivity contribution in [1.29, 1.82) is 0 Å². The van der Waals surface area contributed by atoms with Crippen molar-refractivity contribution in [3.63, 3.8) is 0 Å². The molecule has 0 saturated heterocycles. The summed E-state index contributed by atoms with van der Waals surface area (Å²) in [6.07, 6.45) is 0.912. The van der Waals surface area contributed by atoms with E-state index in [2.05, 4.69) is 13.8 Å². The summed E-state index contributed by atoms with van der Waals surface area (Å²) in [5.41, 5.74) is 7.28. The van der Waals surface area contributed by atoms with Crippen LogP contribution < -0.4 is 5.73 Å². The van der Waals surface area contributed by atoms with Gasteiger partial charge in [0.25, 0.3) is 0 Å². The lowest BCUT2D eigenvalue weighted by molar-refractivity contribution is -0.135. The zero-order valence-corrected chi connectivity index (χ0v) is 13.3. The largest absolute Gasteiger partial charge is 0.334 e. The van der Waals surface area contributed by atoms with Crippen molar-refractivity contribution < 1.29 is 4.79 Å². The van der Waals surface area contributed by atoms with Crippen LogP contribution in [-0.4, -0.2) is 16.8 Å². The molecule has 0 saturated carbocycles. The van der Waals surface area contributed by atoms with Gasteiger partial charge in [-0.2, -0.15) is 0 Å². The molecule has 0 fully saturated rings. The average Bonchev–Trinajstić information content (AvgIpc) is 3.06. The molecule has 0 aliphatic rings. The van der Waals surface area contributed by atoms with Crippen LogP contribution in [0.4, 0.5) is 0 Å². The molecule has 2 N–H and O–H groups in total. The summed E-state index contributed by atoms with van der Waals surface area (Å²) in [4.78, 5) is 15.6. The zero-order chi connectivity index (χ0) is 15.2. The van der Waals surface area contributed by atoms with Crippen molar-refractivity contribution in [3.05, 3.63) is 58.3 Å². The van der Waals surface area contributed by atoms with Gasteiger partial charge in [0.05, 0.1) is 0 Å². The monoisotopic (exact) mass is 302 g/mol. The number of hydrogen-bond donors (Lipinski definition) is 1. The third-order valence-corrected chi connectivity index (χ3v) is 4.67. The summed E-state index contributed by atoms with van der Waals surface area (Å²) >= 11 is 1.53. The highest BCUT2D eigenvalue weighted by molar-refractivity contribution is 7.10. The molecule has 2 aromatic rings. The molecule has 4 heteroatoms. The Morgan fingerprint density at radius 1 is 1.24 bits per heavy atom. The molecular weight excluding hydrogens is 280 g/mol. The summed E-state index contributed by atoms with van der Waals surface area (Å²) in [6.45, 7) is 4.77. The highest BCUT2D eigenvalue weighted by atomic mass is 32.1. The highest BCUT2D eigenvalue weighted by Crippen LogP contribution is 2.22. The first-order chi connectivity index (χ1) is 10.1. The van der Waals surface area contributed by atoms with Crippen LogP contribution in [0.1, 0.15) is 36.8 Å².